The van der Waals surface area contributed by atoms with Crippen molar-refractivity contribution in [2.75, 3.05) is 12.0 Å². The van der Waals surface area contributed by atoms with E-state index in [0.29, 0.717) is 0 Å². The molecule has 6 heteroatoms. The van der Waals surface area contributed by atoms with E-state index in [1.807, 2.05) is 30.3 Å². The van der Waals surface area contributed by atoms with Gasteiger partial charge >= 0.3 is 0 Å². The highest BCUT2D eigenvalue weighted by molar-refractivity contribution is 5.91. The average molecular weight is 273 g/mol. The number of hydrogen-bond acceptors (Lipinski definition) is 4. The van der Waals surface area contributed by atoms with E-state index in [1.54, 1.807) is 12.1 Å². The predicted octanol–water partition coefficient (Wildman–Crippen LogP) is 1.54. The highest BCUT2D eigenvalue weighted by Gasteiger charge is 2.08. The van der Waals surface area contributed by atoms with Gasteiger partial charge in [-0.25, -0.2) is 0 Å². The van der Waals surface area contributed by atoms with Gasteiger partial charge in [0.05, 0.1) is 12.0 Å². The number of hydrogen-bond donors (Lipinski definition) is 3. The number of para-hydroxylation sites is 1. The normalized spacial score (nSPS) is 9.80. The maximum Gasteiger partial charge on any atom is 0.286 e. The lowest BCUT2D eigenvalue weighted by atomic mass is 10.3. The summed E-state index contributed by atoms with van der Waals surface area (Å²) in [5.74, 6) is -0.319. The van der Waals surface area contributed by atoms with Crippen molar-refractivity contribution in [1.29, 1.82) is 0 Å². The molecule has 1 aromatic heterocycles. The Kier molecular flexibility index (Phi) is 4.77. The Bertz CT molecular complexity index is 552. The number of nitrogens with one attached hydrogen (secondary N) is 3. The number of rotatable bonds is 6. The van der Waals surface area contributed by atoms with Gasteiger partial charge in [-0.05, 0) is 24.3 Å². The lowest BCUT2D eigenvalue weighted by molar-refractivity contribution is -0.120. The van der Waals surface area contributed by atoms with Crippen LogP contribution in [0.25, 0.3) is 0 Å². The van der Waals surface area contributed by atoms with Crippen LogP contribution in [0.4, 0.5) is 5.69 Å². The van der Waals surface area contributed by atoms with Crippen LogP contribution in [0.1, 0.15) is 17.0 Å². The first-order valence-electron chi connectivity index (χ1n) is 6.17. The van der Waals surface area contributed by atoms with Gasteiger partial charge in [0.1, 0.15) is 0 Å². The summed E-state index contributed by atoms with van der Waals surface area (Å²) in [6.45, 7) is 0.238. The van der Waals surface area contributed by atoms with Gasteiger partial charge in [0.15, 0.2) is 5.76 Å². The Labute approximate surface area is 116 Å². The number of anilines is 1. The maximum atomic E-state index is 11.5. The molecular weight excluding hydrogens is 258 g/mol. The van der Waals surface area contributed by atoms with Gasteiger partial charge in [0.25, 0.3) is 5.91 Å². The Morgan fingerprint density at radius 3 is 2.55 bits per heavy atom. The van der Waals surface area contributed by atoms with Crippen LogP contribution in [0, 0.1) is 0 Å². The molecule has 104 valence electrons. The molecule has 2 aromatic rings. The van der Waals surface area contributed by atoms with Gasteiger partial charge in [-0.2, -0.15) is 0 Å². The summed E-state index contributed by atoms with van der Waals surface area (Å²) in [4.78, 5) is 23.1. The first kappa shape index (κ1) is 13.7. The van der Waals surface area contributed by atoms with E-state index >= 15 is 0 Å². The summed E-state index contributed by atoms with van der Waals surface area (Å²) in [7, 11) is 0. The van der Waals surface area contributed by atoms with Gasteiger partial charge in [0, 0.05) is 13.0 Å². The van der Waals surface area contributed by atoms with Crippen molar-refractivity contribution >= 4 is 17.5 Å². The Morgan fingerprint density at radius 1 is 1.05 bits per heavy atom. The van der Waals surface area contributed by atoms with Crippen molar-refractivity contribution in [2.45, 2.75) is 6.42 Å². The molecule has 1 heterocycles. The van der Waals surface area contributed by atoms with E-state index in [9.17, 15) is 9.59 Å². The minimum atomic E-state index is -0.334. The third-order valence-corrected chi connectivity index (χ3v) is 2.50. The van der Waals surface area contributed by atoms with Crippen molar-refractivity contribution in [2.24, 2.45) is 0 Å². The summed E-state index contributed by atoms with van der Waals surface area (Å²) < 4.78 is 4.93. The Hall–Kier alpha value is -2.76. The highest BCUT2D eigenvalue weighted by Crippen LogP contribution is 2.02. The maximum absolute atomic E-state index is 11.5. The molecule has 0 radical (unpaired) electrons. The van der Waals surface area contributed by atoms with Crippen LogP contribution in [-0.4, -0.2) is 18.4 Å². The van der Waals surface area contributed by atoms with E-state index in [2.05, 4.69) is 16.2 Å². The largest absolute Gasteiger partial charge is 0.459 e. The molecule has 2 amide bonds. The molecule has 0 fully saturated rings. The van der Waals surface area contributed by atoms with Gasteiger partial charge < -0.3 is 9.73 Å². The van der Waals surface area contributed by atoms with Crippen molar-refractivity contribution < 1.29 is 14.0 Å². The number of hydrazine groups is 1. The summed E-state index contributed by atoms with van der Waals surface area (Å²) in [5, 5.41) is 2.59. The number of carbonyl (C=O) groups excluding carboxylic acids is 2. The predicted molar refractivity (Wildman–Crippen MR) is 73.9 cm³/mol. The molecular formula is C14H15N3O3. The molecule has 20 heavy (non-hydrogen) atoms. The zero-order valence-electron chi connectivity index (χ0n) is 10.8. The van der Waals surface area contributed by atoms with Crippen molar-refractivity contribution in [3.05, 3.63) is 54.5 Å². The van der Waals surface area contributed by atoms with Crippen LogP contribution >= 0.6 is 0 Å². The van der Waals surface area contributed by atoms with Crippen LogP contribution in [0.5, 0.6) is 0 Å². The first-order chi connectivity index (χ1) is 9.75. The lowest BCUT2D eigenvalue weighted by Gasteiger charge is -2.08. The van der Waals surface area contributed by atoms with Gasteiger partial charge in [-0.3, -0.25) is 20.4 Å². The van der Waals surface area contributed by atoms with E-state index in [4.69, 9.17) is 4.42 Å². The third-order valence-electron chi connectivity index (χ3n) is 2.50. The third kappa shape index (κ3) is 4.16. The summed E-state index contributed by atoms with van der Waals surface area (Å²) in [5.41, 5.74) is 6.12. The first-order valence-corrected chi connectivity index (χ1v) is 6.17. The molecule has 6 nitrogen and oxygen atoms in total. The average Bonchev–Trinajstić information content (AvgIpc) is 3.00. The lowest BCUT2D eigenvalue weighted by Crippen LogP contribution is -2.33. The minimum absolute atomic E-state index is 0.173. The fraction of sp³-hybridized carbons (Fsp3) is 0.143. The summed E-state index contributed by atoms with van der Waals surface area (Å²) in [6.07, 6.45) is 1.59. The fourth-order valence-electron chi connectivity index (χ4n) is 1.51. The second-order valence-corrected chi connectivity index (χ2v) is 4.02. The number of furan rings is 1. The molecule has 0 aliphatic heterocycles. The molecule has 0 bridgehead atoms. The standard InChI is InChI=1S/C14H15N3O3/c18-13(17-16-11-5-2-1-3-6-11)8-9-15-14(19)12-7-4-10-20-12/h1-7,10,16H,8-9H2,(H,15,19)(H,17,18). The van der Waals surface area contributed by atoms with Gasteiger partial charge in [0.2, 0.25) is 5.91 Å². The van der Waals surface area contributed by atoms with Crippen LogP contribution in [-0.2, 0) is 4.79 Å². The molecule has 0 saturated carbocycles. The summed E-state index contributed by atoms with van der Waals surface area (Å²) >= 11 is 0. The Morgan fingerprint density at radius 2 is 1.85 bits per heavy atom. The molecule has 3 N–H and O–H groups in total. The zero-order chi connectivity index (χ0) is 14.2. The van der Waals surface area contributed by atoms with Crippen LogP contribution in [0.15, 0.2) is 53.1 Å². The molecule has 0 aliphatic rings. The minimum Gasteiger partial charge on any atom is -0.459 e. The second-order valence-electron chi connectivity index (χ2n) is 4.02. The molecule has 0 unspecified atom stereocenters. The van der Waals surface area contributed by atoms with Crippen LogP contribution in [0.2, 0.25) is 0 Å². The topological polar surface area (TPSA) is 83.4 Å². The van der Waals surface area contributed by atoms with Crippen molar-refractivity contribution in [1.82, 2.24) is 10.7 Å². The summed E-state index contributed by atoms with van der Waals surface area (Å²) in [6, 6.07) is 12.5. The monoisotopic (exact) mass is 273 g/mol. The Balaban J connectivity index is 1.64. The molecule has 0 aliphatic carbocycles. The number of amides is 2. The van der Waals surface area contributed by atoms with Gasteiger partial charge in [-0.1, -0.05) is 18.2 Å². The van der Waals surface area contributed by atoms with Crippen LogP contribution < -0.4 is 16.2 Å². The molecule has 0 saturated heterocycles. The highest BCUT2D eigenvalue weighted by atomic mass is 16.3. The van der Waals surface area contributed by atoms with Gasteiger partial charge in [-0.15, -0.1) is 0 Å². The van der Waals surface area contributed by atoms with E-state index in [0.717, 1.165) is 5.69 Å². The zero-order valence-corrected chi connectivity index (χ0v) is 10.8. The number of carbonyl (C=O) groups is 2. The smallest absolute Gasteiger partial charge is 0.286 e. The van der Waals surface area contributed by atoms with Crippen molar-refractivity contribution in [3.63, 3.8) is 0 Å². The van der Waals surface area contributed by atoms with E-state index < -0.39 is 0 Å². The SMILES string of the molecule is O=C(CCNC(=O)c1ccco1)NNc1ccccc1. The van der Waals surface area contributed by atoms with E-state index in [-0.39, 0.29) is 30.5 Å². The number of benzene rings is 1. The van der Waals surface area contributed by atoms with Crippen molar-refractivity contribution in [3.8, 4) is 0 Å². The molecule has 1 aromatic carbocycles. The van der Waals surface area contributed by atoms with Crippen LogP contribution in [0.3, 0.4) is 0 Å². The fourth-order valence-corrected chi connectivity index (χ4v) is 1.51. The van der Waals surface area contributed by atoms with E-state index in [1.165, 1.54) is 6.26 Å². The second kappa shape index (κ2) is 6.98. The molecule has 2 rings (SSSR count). The quantitative estimate of drug-likeness (QED) is 0.697. The molecule has 0 spiro atoms. The molecule has 0 atom stereocenters.